The molecule has 1 aliphatic rings. The zero-order valence-corrected chi connectivity index (χ0v) is 15.1. The molecule has 142 valence electrons. The molecular weight excluding hydrogens is 348 g/mol. The first-order chi connectivity index (χ1) is 13.1. The van der Waals surface area contributed by atoms with Gasteiger partial charge in [-0.25, -0.2) is 4.68 Å². The molecular formula is C18H22N6O3. The second-order valence-corrected chi connectivity index (χ2v) is 6.47. The van der Waals surface area contributed by atoms with Gasteiger partial charge in [0.15, 0.2) is 0 Å². The molecule has 1 fully saturated rings. The van der Waals surface area contributed by atoms with Gasteiger partial charge in [-0.05, 0) is 30.7 Å². The predicted molar refractivity (Wildman–Crippen MR) is 98.4 cm³/mol. The molecule has 0 saturated carbocycles. The first-order valence-corrected chi connectivity index (χ1v) is 8.91. The van der Waals surface area contributed by atoms with E-state index in [1.165, 1.54) is 17.3 Å². The van der Waals surface area contributed by atoms with Gasteiger partial charge in [0.05, 0.1) is 5.92 Å². The Hall–Kier alpha value is -3.23. The van der Waals surface area contributed by atoms with Crippen LogP contribution in [0, 0.1) is 5.92 Å². The van der Waals surface area contributed by atoms with Crippen LogP contribution in [0.25, 0.3) is 0 Å². The van der Waals surface area contributed by atoms with Crippen molar-refractivity contribution < 1.29 is 14.4 Å². The third-order valence-electron chi connectivity index (χ3n) is 4.43. The highest BCUT2D eigenvalue weighted by molar-refractivity contribution is 6.01. The van der Waals surface area contributed by atoms with Crippen molar-refractivity contribution in [3.05, 3.63) is 42.5 Å². The molecule has 0 bridgehead atoms. The Morgan fingerprint density at radius 3 is 2.56 bits per heavy atom. The lowest BCUT2D eigenvalue weighted by Crippen LogP contribution is -2.29. The molecule has 1 aromatic heterocycles. The van der Waals surface area contributed by atoms with Gasteiger partial charge in [-0.1, -0.05) is 13.3 Å². The maximum absolute atomic E-state index is 12.4. The van der Waals surface area contributed by atoms with E-state index < -0.39 is 0 Å². The number of nitrogens with zero attached hydrogens (tertiary/aromatic N) is 4. The van der Waals surface area contributed by atoms with E-state index in [0.29, 0.717) is 24.3 Å². The second-order valence-electron chi connectivity index (χ2n) is 6.47. The molecule has 1 aromatic carbocycles. The summed E-state index contributed by atoms with van der Waals surface area (Å²) < 4.78 is 1.35. The number of benzene rings is 1. The lowest BCUT2D eigenvalue weighted by Gasteiger charge is -2.16. The second kappa shape index (κ2) is 8.43. The van der Waals surface area contributed by atoms with Crippen molar-refractivity contribution in [2.45, 2.75) is 26.2 Å². The number of hydrogen-bond acceptors (Lipinski definition) is 5. The van der Waals surface area contributed by atoms with E-state index in [-0.39, 0.29) is 30.1 Å². The minimum absolute atomic E-state index is 0.0320. The topological polar surface area (TPSA) is 109 Å². The lowest BCUT2D eigenvalue weighted by atomic mass is 10.1. The van der Waals surface area contributed by atoms with Crippen LogP contribution < -0.4 is 10.7 Å². The van der Waals surface area contributed by atoms with Crippen LogP contribution >= 0.6 is 0 Å². The molecule has 0 radical (unpaired) electrons. The summed E-state index contributed by atoms with van der Waals surface area (Å²) in [5.74, 6) is -0.805. The van der Waals surface area contributed by atoms with Crippen LogP contribution in [0.3, 0.4) is 0 Å². The molecule has 9 nitrogen and oxygen atoms in total. The lowest BCUT2D eigenvalue weighted by molar-refractivity contribution is -0.128. The highest BCUT2D eigenvalue weighted by atomic mass is 16.2. The summed E-state index contributed by atoms with van der Waals surface area (Å²) in [7, 11) is 0. The Kier molecular flexibility index (Phi) is 5.80. The van der Waals surface area contributed by atoms with Crippen LogP contribution in [0.4, 0.5) is 5.69 Å². The van der Waals surface area contributed by atoms with Gasteiger partial charge in [-0.15, -0.1) is 10.2 Å². The van der Waals surface area contributed by atoms with E-state index in [1.807, 2.05) is 0 Å². The summed E-state index contributed by atoms with van der Waals surface area (Å²) in [5, 5.41) is 10.0. The maximum Gasteiger partial charge on any atom is 0.270 e. The highest BCUT2D eigenvalue weighted by Gasteiger charge is 2.33. The van der Waals surface area contributed by atoms with Crippen molar-refractivity contribution in [1.29, 1.82) is 0 Å². The van der Waals surface area contributed by atoms with E-state index in [0.717, 1.165) is 12.8 Å². The SMILES string of the molecule is CCCCN1CC(C(=O)Nc2ccc(C(=O)Nn3cnnc3)cc2)CC1=O. The predicted octanol–water partition coefficient (Wildman–Crippen LogP) is 1.25. The highest BCUT2D eigenvalue weighted by Crippen LogP contribution is 2.20. The van der Waals surface area contributed by atoms with Gasteiger partial charge in [0.25, 0.3) is 5.91 Å². The monoisotopic (exact) mass is 370 g/mol. The van der Waals surface area contributed by atoms with E-state index in [1.54, 1.807) is 29.2 Å². The number of amides is 3. The number of rotatable bonds is 7. The zero-order chi connectivity index (χ0) is 19.2. The fraction of sp³-hybridized carbons (Fsp3) is 0.389. The zero-order valence-electron chi connectivity index (χ0n) is 15.1. The van der Waals surface area contributed by atoms with Gasteiger partial charge < -0.3 is 10.2 Å². The fourth-order valence-electron chi connectivity index (χ4n) is 2.90. The van der Waals surface area contributed by atoms with Gasteiger partial charge in [0.2, 0.25) is 11.8 Å². The minimum atomic E-state index is -0.342. The van der Waals surface area contributed by atoms with Crippen LogP contribution in [-0.4, -0.2) is 50.6 Å². The molecule has 1 aliphatic heterocycles. The molecule has 1 atom stereocenters. The van der Waals surface area contributed by atoms with Gasteiger partial charge in [-0.3, -0.25) is 19.8 Å². The molecule has 9 heteroatoms. The molecule has 3 amide bonds. The van der Waals surface area contributed by atoms with E-state index in [4.69, 9.17) is 0 Å². The number of anilines is 1. The number of likely N-dealkylation sites (tertiary alicyclic amines) is 1. The summed E-state index contributed by atoms with van der Waals surface area (Å²) >= 11 is 0. The van der Waals surface area contributed by atoms with Gasteiger partial charge in [0, 0.05) is 30.8 Å². The van der Waals surface area contributed by atoms with Crippen molar-refractivity contribution in [1.82, 2.24) is 19.8 Å². The van der Waals surface area contributed by atoms with E-state index >= 15 is 0 Å². The van der Waals surface area contributed by atoms with Crippen LogP contribution in [0.2, 0.25) is 0 Å². The molecule has 0 aliphatic carbocycles. The average molecular weight is 370 g/mol. The Morgan fingerprint density at radius 1 is 1.19 bits per heavy atom. The first-order valence-electron chi connectivity index (χ1n) is 8.91. The number of nitrogens with one attached hydrogen (secondary N) is 2. The van der Waals surface area contributed by atoms with Crippen molar-refractivity contribution in [2.24, 2.45) is 5.92 Å². The third kappa shape index (κ3) is 4.69. The van der Waals surface area contributed by atoms with Gasteiger partial charge in [-0.2, -0.15) is 0 Å². The molecule has 27 heavy (non-hydrogen) atoms. The van der Waals surface area contributed by atoms with Crippen LogP contribution in [0.15, 0.2) is 36.9 Å². The number of unbranched alkanes of at least 4 members (excludes halogenated alkanes) is 1. The largest absolute Gasteiger partial charge is 0.342 e. The molecule has 3 rings (SSSR count). The first kappa shape index (κ1) is 18.6. The molecule has 1 unspecified atom stereocenters. The van der Waals surface area contributed by atoms with Gasteiger partial charge in [0.1, 0.15) is 12.7 Å². The number of hydrogen-bond donors (Lipinski definition) is 2. The molecule has 2 aromatic rings. The number of carbonyl (C=O) groups is 3. The Labute approximate surface area is 156 Å². The van der Waals surface area contributed by atoms with Crippen molar-refractivity contribution in [3.8, 4) is 0 Å². The van der Waals surface area contributed by atoms with Crippen molar-refractivity contribution in [2.75, 3.05) is 23.8 Å². The Morgan fingerprint density at radius 2 is 1.89 bits per heavy atom. The van der Waals surface area contributed by atoms with Gasteiger partial charge >= 0.3 is 0 Å². The maximum atomic E-state index is 12.4. The summed E-state index contributed by atoms with van der Waals surface area (Å²) in [4.78, 5) is 38.3. The molecule has 1 saturated heterocycles. The van der Waals surface area contributed by atoms with Crippen LogP contribution in [0.5, 0.6) is 0 Å². The molecule has 2 N–H and O–H groups in total. The van der Waals surface area contributed by atoms with E-state index in [9.17, 15) is 14.4 Å². The quantitative estimate of drug-likeness (QED) is 0.762. The normalized spacial score (nSPS) is 16.4. The summed E-state index contributed by atoms with van der Waals surface area (Å²) in [6.45, 7) is 3.24. The van der Waals surface area contributed by atoms with Crippen LogP contribution in [-0.2, 0) is 9.59 Å². The average Bonchev–Trinajstić information content (AvgIpc) is 3.30. The van der Waals surface area contributed by atoms with Crippen molar-refractivity contribution >= 4 is 23.4 Å². The summed E-state index contributed by atoms with van der Waals surface area (Å²) in [5.41, 5.74) is 3.61. The molecule has 0 spiro atoms. The smallest absolute Gasteiger partial charge is 0.270 e. The third-order valence-corrected chi connectivity index (χ3v) is 4.43. The summed E-state index contributed by atoms with van der Waals surface area (Å²) in [6.07, 6.45) is 4.95. The van der Waals surface area contributed by atoms with Crippen LogP contribution in [0.1, 0.15) is 36.5 Å². The Balaban J connectivity index is 1.54. The number of carbonyl (C=O) groups excluding carboxylic acids is 3. The number of aromatic nitrogens is 3. The minimum Gasteiger partial charge on any atom is -0.342 e. The van der Waals surface area contributed by atoms with Crippen molar-refractivity contribution in [3.63, 3.8) is 0 Å². The van der Waals surface area contributed by atoms with E-state index in [2.05, 4.69) is 27.9 Å². The molecule has 2 heterocycles. The standard InChI is InChI=1S/C18H22N6O3/c1-2-3-8-23-10-14(9-16(23)25)17(26)21-15-6-4-13(5-7-15)18(27)22-24-11-19-20-12-24/h4-7,11-12,14H,2-3,8-10H2,1H3,(H,21,26)(H,22,27). The Bertz CT molecular complexity index is 803. The summed E-state index contributed by atoms with van der Waals surface area (Å²) in [6, 6.07) is 6.54. The fourth-order valence-corrected chi connectivity index (χ4v) is 2.90.